The van der Waals surface area contributed by atoms with Gasteiger partial charge in [-0.2, -0.15) is 0 Å². The first-order valence-electron chi connectivity index (χ1n) is 6.93. The minimum atomic E-state index is -0.994. The molecule has 4 nitrogen and oxygen atoms in total. The van der Waals surface area contributed by atoms with Crippen LogP contribution in [0.2, 0.25) is 0 Å². The van der Waals surface area contributed by atoms with Crippen molar-refractivity contribution in [2.45, 2.75) is 25.9 Å². The maximum atomic E-state index is 10.4. The van der Waals surface area contributed by atoms with E-state index < -0.39 is 5.60 Å². The number of rotatable bonds is 5. The van der Waals surface area contributed by atoms with Gasteiger partial charge in [0.05, 0.1) is 6.54 Å². The average Bonchev–Trinajstić information content (AvgIpc) is 3.01. The van der Waals surface area contributed by atoms with E-state index >= 15 is 0 Å². The SMILES string of the molecule is CCc1ccc(NC(N)=NCC(C)(O)c2cccs2)cc1.I. The van der Waals surface area contributed by atoms with Crippen LogP contribution in [0.15, 0.2) is 46.8 Å². The van der Waals surface area contributed by atoms with Crippen LogP contribution in [-0.2, 0) is 12.0 Å². The molecule has 1 unspecified atom stereocenters. The first kappa shape index (κ1) is 18.9. The highest BCUT2D eigenvalue weighted by molar-refractivity contribution is 14.0. The number of anilines is 1. The van der Waals surface area contributed by atoms with Crippen LogP contribution in [0.1, 0.15) is 24.3 Å². The summed E-state index contributed by atoms with van der Waals surface area (Å²) in [7, 11) is 0. The highest BCUT2D eigenvalue weighted by Crippen LogP contribution is 2.25. The molecule has 6 heteroatoms. The van der Waals surface area contributed by atoms with Crippen molar-refractivity contribution in [3.05, 3.63) is 52.2 Å². The Hall–Kier alpha value is -1.12. The van der Waals surface area contributed by atoms with Gasteiger partial charge in [-0.15, -0.1) is 35.3 Å². The molecule has 0 saturated carbocycles. The molecular formula is C16H22IN3OS. The van der Waals surface area contributed by atoms with Gasteiger partial charge in [-0.3, -0.25) is 0 Å². The van der Waals surface area contributed by atoms with E-state index in [0.29, 0.717) is 5.96 Å². The van der Waals surface area contributed by atoms with Crippen molar-refractivity contribution in [1.82, 2.24) is 0 Å². The zero-order valence-electron chi connectivity index (χ0n) is 12.7. The molecule has 0 aliphatic rings. The predicted octanol–water partition coefficient (Wildman–Crippen LogP) is 3.56. The maximum absolute atomic E-state index is 10.4. The van der Waals surface area contributed by atoms with Gasteiger partial charge in [0.2, 0.25) is 0 Å². The quantitative estimate of drug-likeness (QED) is 0.385. The van der Waals surface area contributed by atoms with Crippen LogP contribution < -0.4 is 11.1 Å². The number of benzene rings is 1. The van der Waals surface area contributed by atoms with Gasteiger partial charge in [0.25, 0.3) is 0 Å². The molecule has 2 aromatic rings. The third-order valence-electron chi connectivity index (χ3n) is 3.24. The first-order chi connectivity index (χ1) is 10.0. The molecule has 0 fully saturated rings. The summed E-state index contributed by atoms with van der Waals surface area (Å²) in [4.78, 5) is 5.11. The second kappa shape index (κ2) is 8.50. The number of nitrogens with zero attached hydrogens (tertiary/aromatic N) is 1. The van der Waals surface area contributed by atoms with Crippen molar-refractivity contribution in [3.8, 4) is 0 Å². The summed E-state index contributed by atoms with van der Waals surface area (Å²) in [5.74, 6) is 0.302. The number of halogens is 1. The Balaban J connectivity index is 0.00000242. The molecule has 1 aromatic carbocycles. The lowest BCUT2D eigenvalue weighted by Gasteiger charge is -2.19. The van der Waals surface area contributed by atoms with Crippen molar-refractivity contribution in [2.24, 2.45) is 10.7 Å². The molecule has 1 atom stereocenters. The standard InChI is InChI=1S/C16H21N3OS.HI/c1-3-12-6-8-13(9-7-12)19-15(17)18-11-16(2,20)14-5-4-10-21-14;/h4-10,20H,3,11H2,1-2H3,(H3,17,18,19);1H. The van der Waals surface area contributed by atoms with Crippen LogP contribution in [-0.4, -0.2) is 17.6 Å². The van der Waals surface area contributed by atoms with Gasteiger partial charge in [0.1, 0.15) is 5.60 Å². The zero-order chi connectivity index (χ0) is 15.3. The van der Waals surface area contributed by atoms with Crippen LogP contribution in [0.25, 0.3) is 0 Å². The van der Waals surface area contributed by atoms with Crippen molar-refractivity contribution in [3.63, 3.8) is 0 Å². The summed E-state index contributed by atoms with van der Waals surface area (Å²) < 4.78 is 0. The molecule has 1 aromatic heterocycles. The van der Waals surface area contributed by atoms with Crippen LogP contribution in [0, 0.1) is 0 Å². The third-order valence-corrected chi connectivity index (χ3v) is 4.37. The number of aryl methyl sites for hydroxylation is 1. The van der Waals surface area contributed by atoms with E-state index in [1.165, 1.54) is 16.9 Å². The third kappa shape index (κ3) is 5.26. The molecule has 0 spiro atoms. The predicted molar refractivity (Wildman–Crippen MR) is 105 cm³/mol. The average molecular weight is 431 g/mol. The first-order valence-corrected chi connectivity index (χ1v) is 7.81. The molecule has 22 heavy (non-hydrogen) atoms. The summed E-state index contributed by atoms with van der Waals surface area (Å²) >= 11 is 1.51. The Kier molecular flexibility index (Phi) is 7.31. The minimum Gasteiger partial charge on any atom is -0.383 e. The lowest BCUT2D eigenvalue weighted by Crippen LogP contribution is -2.29. The van der Waals surface area contributed by atoms with Gasteiger partial charge in [-0.05, 0) is 42.5 Å². The Morgan fingerprint density at radius 1 is 1.32 bits per heavy atom. The molecule has 0 aliphatic heterocycles. The molecule has 0 saturated heterocycles. The number of nitrogens with two attached hydrogens (primary N) is 1. The van der Waals surface area contributed by atoms with Gasteiger partial charge in [0.15, 0.2) is 5.96 Å². The van der Waals surface area contributed by atoms with E-state index in [1.54, 1.807) is 6.92 Å². The fourth-order valence-corrected chi connectivity index (χ4v) is 2.69. The molecule has 0 radical (unpaired) electrons. The highest BCUT2D eigenvalue weighted by Gasteiger charge is 2.23. The lowest BCUT2D eigenvalue weighted by atomic mass is 10.1. The normalized spacial score (nSPS) is 14.0. The van der Waals surface area contributed by atoms with Crippen molar-refractivity contribution >= 4 is 47.0 Å². The van der Waals surface area contributed by atoms with E-state index in [2.05, 4.69) is 29.4 Å². The van der Waals surface area contributed by atoms with Gasteiger partial charge in [-0.1, -0.05) is 25.1 Å². The summed E-state index contributed by atoms with van der Waals surface area (Å²) in [5, 5.41) is 15.3. The Bertz CT molecular complexity index is 594. The topological polar surface area (TPSA) is 70.6 Å². The van der Waals surface area contributed by atoms with E-state index in [4.69, 9.17) is 5.73 Å². The van der Waals surface area contributed by atoms with Gasteiger partial charge >= 0.3 is 0 Å². The Morgan fingerprint density at radius 3 is 2.55 bits per heavy atom. The number of hydrogen-bond acceptors (Lipinski definition) is 3. The fraction of sp³-hybridized carbons (Fsp3) is 0.312. The minimum absolute atomic E-state index is 0. The Morgan fingerprint density at radius 2 is 2.00 bits per heavy atom. The summed E-state index contributed by atoms with van der Waals surface area (Å²) in [6.45, 7) is 4.08. The van der Waals surface area contributed by atoms with E-state index in [-0.39, 0.29) is 30.5 Å². The second-order valence-electron chi connectivity index (χ2n) is 5.13. The number of guanidine groups is 1. The van der Waals surface area contributed by atoms with Crippen molar-refractivity contribution in [2.75, 3.05) is 11.9 Å². The van der Waals surface area contributed by atoms with Crippen LogP contribution in [0.4, 0.5) is 5.69 Å². The molecule has 0 bridgehead atoms. The maximum Gasteiger partial charge on any atom is 0.193 e. The highest BCUT2D eigenvalue weighted by atomic mass is 127. The van der Waals surface area contributed by atoms with Crippen LogP contribution in [0.5, 0.6) is 0 Å². The van der Waals surface area contributed by atoms with E-state index in [0.717, 1.165) is 17.0 Å². The van der Waals surface area contributed by atoms with Crippen molar-refractivity contribution in [1.29, 1.82) is 0 Å². The second-order valence-corrected chi connectivity index (χ2v) is 6.08. The van der Waals surface area contributed by atoms with Crippen LogP contribution >= 0.6 is 35.3 Å². The van der Waals surface area contributed by atoms with Crippen molar-refractivity contribution < 1.29 is 5.11 Å². The molecule has 2 rings (SSSR count). The fourth-order valence-electron chi connectivity index (χ4n) is 1.91. The van der Waals surface area contributed by atoms with Crippen LogP contribution in [0.3, 0.4) is 0 Å². The summed E-state index contributed by atoms with van der Waals surface area (Å²) in [5.41, 5.74) is 7.04. The molecule has 0 amide bonds. The molecule has 1 heterocycles. The number of thiophene rings is 1. The monoisotopic (exact) mass is 431 g/mol. The number of aliphatic imine (C=N–C) groups is 1. The van der Waals surface area contributed by atoms with Gasteiger partial charge < -0.3 is 16.2 Å². The summed E-state index contributed by atoms with van der Waals surface area (Å²) in [6, 6.07) is 11.9. The molecule has 4 N–H and O–H groups in total. The zero-order valence-corrected chi connectivity index (χ0v) is 15.9. The molecule has 0 aliphatic carbocycles. The summed E-state index contributed by atoms with van der Waals surface area (Å²) in [6.07, 6.45) is 1.01. The number of hydrogen-bond donors (Lipinski definition) is 3. The van der Waals surface area contributed by atoms with Gasteiger partial charge in [0, 0.05) is 10.6 Å². The lowest BCUT2D eigenvalue weighted by molar-refractivity contribution is 0.0713. The van der Waals surface area contributed by atoms with Gasteiger partial charge in [-0.25, -0.2) is 4.99 Å². The van der Waals surface area contributed by atoms with E-state index in [9.17, 15) is 5.11 Å². The Labute approximate surface area is 152 Å². The smallest absolute Gasteiger partial charge is 0.193 e. The molecule has 120 valence electrons. The van der Waals surface area contributed by atoms with E-state index in [1.807, 2.05) is 29.6 Å². The number of aliphatic hydroxyl groups is 1. The molecular weight excluding hydrogens is 409 g/mol. The number of nitrogens with one attached hydrogen (secondary N) is 1. The largest absolute Gasteiger partial charge is 0.383 e.